The molecule has 1 atom stereocenters. The number of hydrogen-bond donors (Lipinski definition) is 0. The number of aryl methyl sites for hydroxylation is 1. The molecule has 8 nitrogen and oxygen atoms in total. The lowest BCUT2D eigenvalue weighted by Crippen LogP contribution is -2.21. The normalized spacial score (nSPS) is 14.9. The molecule has 0 bridgehead atoms. The standard InChI is InChI=1S/C25H25ClN6O2/c1-4-34-24(33)15-30-14-19(12-27-30)18-5-10-22-23(11-18)31(21-8-6-20(26)7-9-21)13-16(2)25-29-28-17(3)32(22)25/h5-12,14,16H,4,13,15H2,1-3H3/t16-/m1/s1. The van der Waals surface area contributed by atoms with Gasteiger partial charge in [-0.25, -0.2) is 0 Å². The van der Waals surface area contributed by atoms with Crippen molar-refractivity contribution in [2.75, 3.05) is 18.1 Å². The number of carbonyl (C=O) groups is 1. The smallest absolute Gasteiger partial charge is 0.327 e. The van der Waals surface area contributed by atoms with Crippen LogP contribution in [0.15, 0.2) is 54.9 Å². The van der Waals surface area contributed by atoms with Crippen LogP contribution in [0.2, 0.25) is 5.02 Å². The molecule has 0 saturated carbocycles. The fourth-order valence-corrected chi connectivity index (χ4v) is 4.49. The van der Waals surface area contributed by atoms with E-state index in [9.17, 15) is 4.79 Å². The Balaban J connectivity index is 1.60. The molecule has 0 amide bonds. The molecule has 1 aliphatic heterocycles. The van der Waals surface area contributed by atoms with E-state index < -0.39 is 0 Å². The van der Waals surface area contributed by atoms with Gasteiger partial charge in [0.2, 0.25) is 0 Å². The predicted molar refractivity (Wildman–Crippen MR) is 131 cm³/mol. The van der Waals surface area contributed by atoms with Gasteiger partial charge in [-0.2, -0.15) is 5.10 Å². The minimum atomic E-state index is -0.308. The van der Waals surface area contributed by atoms with Crippen molar-refractivity contribution in [1.29, 1.82) is 0 Å². The Morgan fingerprint density at radius 3 is 2.68 bits per heavy atom. The van der Waals surface area contributed by atoms with Crippen LogP contribution in [-0.4, -0.2) is 43.7 Å². The molecule has 3 heterocycles. The van der Waals surface area contributed by atoms with Crippen molar-refractivity contribution in [2.24, 2.45) is 0 Å². The van der Waals surface area contributed by atoms with Crippen LogP contribution in [-0.2, 0) is 16.1 Å². The second-order valence-electron chi connectivity index (χ2n) is 8.36. The SMILES string of the molecule is CCOC(=O)Cn1cc(-c2ccc3c(c2)N(c2ccc(Cl)cc2)C[C@@H](C)c2nnc(C)n2-3)cn1. The molecule has 0 saturated heterocycles. The number of nitrogens with zero attached hydrogens (tertiary/aromatic N) is 6. The number of aromatic nitrogens is 5. The van der Waals surface area contributed by atoms with E-state index in [2.05, 4.69) is 49.9 Å². The van der Waals surface area contributed by atoms with Crippen molar-refractivity contribution in [3.8, 4) is 16.8 Å². The summed E-state index contributed by atoms with van der Waals surface area (Å²) in [4.78, 5) is 14.1. The van der Waals surface area contributed by atoms with Gasteiger partial charge in [0.1, 0.15) is 18.2 Å². The van der Waals surface area contributed by atoms with Crippen LogP contribution in [0.3, 0.4) is 0 Å². The summed E-state index contributed by atoms with van der Waals surface area (Å²) in [5, 5.41) is 13.9. The van der Waals surface area contributed by atoms with E-state index in [-0.39, 0.29) is 18.4 Å². The van der Waals surface area contributed by atoms with Crippen LogP contribution in [0.4, 0.5) is 11.4 Å². The topological polar surface area (TPSA) is 78.1 Å². The summed E-state index contributed by atoms with van der Waals surface area (Å²) in [7, 11) is 0. The first-order valence-corrected chi connectivity index (χ1v) is 11.6. The van der Waals surface area contributed by atoms with Crippen LogP contribution in [0, 0.1) is 6.92 Å². The van der Waals surface area contributed by atoms with Gasteiger partial charge in [0.25, 0.3) is 0 Å². The Kier molecular flexibility index (Phi) is 5.83. The van der Waals surface area contributed by atoms with Crippen LogP contribution < -0.4 is 4.90 Å². The van der Waals surface area contributed by atoms with E-state index in [0.717, 1.165) is 46.4 Å². The summed E-state index contributed by atoms with van der Waals surface area (Å²) >= 11 is 6.17. The molecule has 0 unspecified atom stereocenters. The van der Waals surface area contributed by atoms with Gasteiger partial charge in [0, 0.05) is 34.9 Å². The first-order valence-electron chi connectivity index (χ1n) is 11.2. The molecular formula is C25H25ClN6O2. The minimum absolute atomic E-state index is 0.0798. The third kappa shape index (κ3) is 4.05. The monoisotopic (exact) mass is 476 g/mol. The van der Waals surface area contributed by atoms with Gasteiger partial charge in [-0.1, -0.05) is 24.6 Å². The van der Waals surface area contributed by atoms with E-state index >= 15 is 0 Å². The molecule has 9 heteroatoms. The fraction of sp³-hybridized carbons (Fsp3) is 0.280. The van der Waals surface area contributed by atoms with Crippen LogP contribution in [0.1, 0.15) is 31.4 Å². The third-order valence-corrected chi connectivity index (χ3v) is 6.21. The Hall–Kier alpha value is -3.65. The van der Waals surface area contributed by atoms with Crippen LogP contribution in [0.5, 0.6) is 0 Å². The van der Waals surface area contributed by atoms with E-state index in [4.69, 9.17) is 16.3 Å². The lowest BCUT2D eigenvalue weighted by molar-refractivity contribution is -0.144. The number of rotatable bonds is 5. The number of ether oxygens (including phenoxy) is 1. The first kappa shape index (κ1) is 22.2. The van der Waals surface area contributed by atoms with Crippen LogP contribution >= 0.6 is 11.6 Å². The minimum Gasteiger partial charge on any atom is -0.465 e. The number of anilines is 2. The molecule has 174 valence electrons. The first-order chi connectivity index (χ1) is 16.4. The van der Waals surface area contributed by atoms with Gasteiger partial charge in [-0.15, -0.1) is 10.2 Å². The van der Waals surface area contributed by atoms with Crippen LogP contribution in [0.25, 0.3) is 16.8 Å². The zero-order valence-electron chi connectivity index (χ0n) is 19.3. The largest absolute Gasteiger partial charge is 0.465 e. The second-order valence-corrected chi connectivity index (χ2v) is 8.80. The Labute approximate surface area is 202 Å². The zero-order chi connectivity index (χ0) is 23.8. The van der Waals surface area contributed by atoms with Crippen molar-refractivity contribution in [3.05, 3.63) is 71.5 Å². The molecule has 4 aromatic rings. The van der Waals surface area contributed by atoms with Gasteiger partial charge >= 0.3 is 5.97 Å². The van der Waals surface area contributed by atoms with Gasteiger partial charge in [0.05, 0.1) is 24.2 Å². The molecule has 2 aromatic heterocycles. The number of hydrogen-bond acceptors (Lipinski definition) is 6. The molecule has 0 fully saturated rings. The van der Waals surface area contributed by atoms with Crippen molar-refractivity contribution < 1.29 is 9.53 Å². The molecule has 1 aliphatic rings. The zero-order valence-corrected chi connectivity index (χ0v) is 20.0. The maximum Gasteiger partial charge on any atom is 0.327 e. The number of benzene rings is 2. The molecule has 2 aromatic carbocycles. The summed E-state index contributed by atoms with van der Waals surface area (Å²) in [5.74, 6) is 1.62. The molecule has 34 heavy (non-hydrogen) atoms. The van der Waals surface area contributed by atoms with Crippen molar-refractivity contribution in [3.63, 3.8) is 0 Å². The summed E-state index contributed by atoms with van der Waals surface area (Å²) in [6, 6.07) is 14.2. The highest BCUT2D eigenvalue weighted by atomic mass is 35.5. The maximum absolute atomic E-state index is 11.9. The summed E-state index contributed by atoms with van der Waals surface area (Å²) in [6.45, 7) is 7.09. The highest BCUT2D eigenvalue weighted by Crippen LogP contribution is 2.40. The van der Waals surface area contributed by atoms with E-state index in [1.54, 1.807) is 17.8 Å². The number of fused-ring (bicyclic) bond motifs is 3. The van der Waals surface area contributed by atoms with Crippen molar-refractivity contribution in [2.45, 2.75) is 33.2 Å². The molecule has 5 rings (SSSR count). The van der Waals surface area contributed by atoms with E-state index in [0.29, 0.717) is 11.6 Å². The molecule has 0 N–H and O–H groups in total. The second kappa shape index (κ2) is 8.95. The predicted octanol–water partition coefficient (Wildman–Crippen LogP) is 4.91. The average molecular weight is 477 g/mol. The lowest BCUT2D eigenvalue weighted by atomic mass is 10.1. The van der Waals surface area contributed by atoms with E-state index in [1.165, 1.54) is 0 Å². The maximum atomic E-state index is 11.9. The average Bonchev–Trinajstić information content (AvgIpc) is 3.41. The van der Waals surface area contributed by atoms with Gasteiger partial charge in [0.15, 0.2) is 0 Å². The molecule has 0 aliphatic carbocycles. The molecule has 0 spiro atoms. The van der Waals surface area contributed by atoms with Gasteiger partial charge in [-0.3, -0.25) is 14.0 Å². The van der Waals surface area contributed by atoms with Gasteiger partial charge in [-0.05, 0) is 55.8 Å². The summed E-state index contributed by atoms with van der Waals surface area (Å²) in [6.07, 6.45) is 3.63. The highest BCUT2D eigenvalue weighted by Gasteiger charge is 2.28. The van der Waals surface area contributed by atoms with E-state index in [1.807, 2.05) is 37.4 Å². The van der Waals surface area contributed by atoms with Crippen molar-refractivity contribution >= 4 is 28.9 Å². The highest BCUT2D eigenvalue weighted by molar-refractivity contribution is 6.30. The number of carbonyl (C=O) groups excluding carboxylic acids is 1. The van der Waals surface area contributed by atoms with Gasteiger partial charge < -0.3 is 9.64 Å². The molecule has 0 radical (unpaired) electrons. The number of halogens is 1. The Bertz CT molecular complexity index is 1340. The Morgan fingerprint density at radius 1 is 1.12 bits per heavy atom. The summed E-state index contributed by atoms with van der Waals surface area (Å²) in [5.41, 5.74) is 5.01. The third-order valence-electron chi connectivity index (χ3n) is 5.96. The quantitative estimate of drug-likeness (QED) is 0.381. The number of esters is 1. The molecular weight excluding hydrogens is 452 g/mol. The lowest BCUT2D eigenvalue weighted by Gasteiger charge is -2.27. The van der Waals surface area contributed by atoms with Crippen molar-refractivity contribution in [1.82, 2.24) is 24.5 Å². The Morgan fingerprint density at radius 2 is 1.91 bits per heavy atom. The summed E-state index contributed by atoms with van der Waals surface area (Å²) < 4.78 is 8.76. The fourth-order valence-electron chi connectivity index (χ4n) is 4.36.